The van der Waals surface area contributed by atoms with Crippen molar-refractivity contribution in [1.82, 2.24) is 19.9 Å². The second kappa shape index (κ2) is 8.43. The van der Waals surface area contributed by atoms with Gasteiger partial charge in [-0.15, -0.1) is 0 Å². The van der Waals surface area contributed by atoms with Crippen molar-refractivity contribution in [3.8, 4) is 0 Å². The number of halogens is 1. The Morgan fingerprint density at radius 3 is 2.56 bits per heavy atom. The number of allylic oxidation sites excluding steroid dienone is 2. The monoisotopic (exact) mass is 493 g/mol. The van der Waals surface area contributed by atoms with Gasteiger partial charge in [0.25, 0.3) is 0 Å². The molecule has 0 spiro atoms. The molecule has 3 heterocycles. The van der Waals surface area contributed by atoms with Gasteiger partial charge in [-0.25, -0.2) is 4.98 Å². The summed E-state index contributed by atoms with van der Waals surface area (Å²) in [5.41, 5.74) is 12.3. The molecule has 4 N–H and O–H groups in total. The third-order valence-electron chi connectivity index (χ3n) is 6.46. The van der Waals surface area contributed by atoms with Crippen LogP contribution in [-0.4, -0.2) is 32.2 Å². The molecular formula is C24H24BrN5O2. The number of hydrogen-bond donors (Lipinski definition) is 3. The molecular weight excluding hydrogens is 470 g/mol. The summed E-state index contributed by atoms with van der Waals surface area (Å²) in [5.74, 6) is -0.275. The van der Waals surface area contributed by atoms with E-state index < -0.39 is 5.97 Å². The van der Waals surface area contributed by atoms with E-state index in [4.69, 9.17) is 10.7 Å². The molecule has 32 heavy (non-hydrogen) atoms. The summed E-state index contributed by atoms with van der Waals surface area (Å²) in [6.45, 7) is 0.665. The summed E-state index contributed by atoms with van der Waals surface area (Å²) in [6.07, 6.45) is 8.89. The van der Waals surface area contributed by atoms with E-state index in [1.54, 1.807) is 4.52 Å². The van der Waals surface area contributed by atoms with Crippen LogP contribution in [-0.2, 0) is 4.79 Å². The Bertz CT molecular complexity index is 1240. The largest absolute Gasteiger partial charge is 0.481 e. The van der Waals surface area contributed by atoms with Crippen molar-refractivity contribution < 1.29 is 9.90 Å². The summed E-state index contributed by atoms with van der Waals surface area (Å²) in [4.78, 5) is 16.3. The van der Waals surface area contributed by atoms with Gasteiger partial charge in [0.1, 0.15) is 5.82 Å². The zero-order chi connectivity index (χ0) is 22.2. The van der Waals surface area contributed by atoms with Crippen LogP contribution in [0, 0.1) is 5.92 Å². The Labute approximate surface area is 194 Å². The Balaban J connectivity index is 1.49. The van der Waals surface area contributed by atoms with Gasteiger partial charge < -0.3 is 16.2 Å². The SMILES string of the molecule is Nc1c(Br)c([C@H]2CC[C@H](C(=O)O)CC2)nc2c(C3=CC=C(c4ccccc4)NC3)cnn12. The third kappa shape index (κ3) is 3.68. The lowest BCUT2D eigenvalue weighted by Gasteiger charge is -2.26. The van der Waals surface area contributed by atoms with E-state index >= 15 is 0 Å². The number of nitrogens with one attached hydrogen (secondary N) is 1. The van der Waals surface area contributed by atoms with Crippen LogP contribution in [0.3, 0.4) is 0 Å². The normalized spacial score (nSPS) is 21.0. The number of rotatable bonds is 4. The molecule has 0 amide bonds. The number of carboxylic acid groups (broad SMARTS) is 1. The maximum atomic E-state index is 11.3. The van der Waals surface area contributed by atoms with Crippen molar-refractivity contribution in [2.24, 2.45) is 5.92 Å². The quantitative estimate of drug-likeness (QED) is 0.495. The van der Waals surface area contributed by atoms with E-state index in [0.717, 1.165) is 51.1 Å². The number of carbonyl (C=O) groups is 1. The van der Waals surface area contributed by atoms with Crippen molar-refractivity contribution in [2.75, 3.05) is 12.3 Å². The van der Waals surface area contributed by atoms with Gasteiger partial charge in [0.15, 0.2) is 5.65 Å². The molecule has 8 heteroatoms. The first-order valence-electron chi connectivity index (χ1n) is 10.8. The maximum absolute atomic E-state index is 11.3. The lowest BCUT2D eigenvalue weighted by molar-refractivity contribution is -0.142. The summed E-state index contributed by atoms with van der Waals surface area (Å²) in [6, 6.07) is 10.2. The fraction of sp³-hybridized carbons (Fsp3) is 0.292. The molecule has 0 bridgehead atoms. The Morgan fingerprint density at radius 2 is 1.91 bits per heavy atom. The number of aromatic nitrogens is 3. The summed E-state index contributed by atoms with van der Waals surface area (Å²) in [5, 5.41) is 17.3. The van der Waals surface area contributed by atoms with Crippen LogP contribution in [0.15, 0.2) is 53.2 Å². The number of nitrogens with zero attached hydrogens (tertiary/aromatic N) is 3. The minimum atomic E-state index is -0.705. The van der Waals surface area contributed by atoms with Gasteiger partial charge in [0.2, 0.25) is 0 Å². The fourth-order valence-electron chi connectivity index (χ4n) is 4.62. The average molecular weight is 494 g/mol. The molecule has 0 atom stereocenters. The topological polar surface area (TPSA) is 106 Å². The smallest absolute Gasteiger partial charge is 0.306 e. The number of fused-ring (bicyclic) bond motifs is 1. The van der Waals surface area contributed by atoms with Crippen molar-refractivity contribution in [3.05, 3.63) is 70.0 Å². The van der Waals surface area contributed by atoms with E-state index in [2.05, 4.69) is 50.6 Å². The molecule has 1 aromatic carbocycles. The summed E-state index contributed by atoms with van der Waals surface area (Å²) in [7, 11) is 0. The van der Waals surface area contributed by atoms with Crippen LogP contribution < -0.4 is 11.1 Å². The van der Waals surface area contributed by atoms with Gasteiger partial charge in [-0.1, -0.05) is 36.4 Å². The molecule has 1 aliphatic heterocycles. The minimum absolute atomic E-state index is 0.179. The fourth-order valence-corrected chi connectivity index (χ4v) is 5.20. The molecule has 0 unspecified atom stereocenters. The number of dihydropyridines is 1. The van der Waals surface area contributed by atoms with Crippen LogP contribution in [0.1, 0.15) is 48.4 Å². The van der Waals surface area contributed by atoms with Crippen LogP contribution in [0.4, 0.5) is 5.82 Å². The molecule has 5 rings (SSSR count). The summed E-state index contributed by atoms with van der Waals surface area (Å²) < 4.78 is 2.42. The predicted octanol–water partition coefficient (Wildman–Crippen LogP) is 4.46. The Morgan fingerprint density at radius 1 is 1.16 bits per heavy atom. The van der Waals surface area contributed by atoms with Crippen molar-refractivity contribution >= 4 is 44.6 Å². The molecule has 2 aliphatic rings. The lowest BCUT2D eigenvalue weighted by Crippen LogP contribution is -2.22. The van der Waals surface area contributed by atoms with E-state index in [0.29, 0.717) is 25.2 Å². The van der Waals surface area contributed by atoms with Crippen LogP contribution in [0.25, 0.3) is 16.9 Å². The molecule has 1 saturated carbocycles. The number of benzene rings is 1. The number of nitrogens with two attached hydrogens (primary N) is 1. The molecule has 3 aromatic rings. The molecule has 7 nitrogen and oxygen atoms in total. The predicted molar refractivity (Wildman–Crippen MR) is 128 cm³/mol. The second-order valence-electron chi connectivity index (χ2n) is 8.37. The van der Waals surface area contributed by atoms with Crippen LogP contribution in [0.2, 0.25) is 0 Å². The highest BCUT2D eigenvalue weighted by Crippen LogP contribution is 2.40. The van der Waals surface area contributed by atoms with Crippen molar-refractivity contribution in [2.45, 2.75) is 31.6 Å². The molecule has 0 saturated heterocycles. The van der Waals surface area contributed by atoms with E-state index in [9.17, 15) is 9.90 Å². The number of nitrogen functional groups attached to an aromatic ring is 1. The minimum Gasteiger partial charge on any atom is -0.481 e. The Hall–Kier alpha value is -3.13. The second-order valence-corrected chi connectivity index (χ2v) is 9.16. The highest BCUT2D eigenvalue weighted by Gasteiger charge is 2.30. The first-order chi connectivity index (χ1) is 15.5. The van der Waals surface area contributed by atoms with Gasteiger partial charge in [-0.3, -0.25) is 4.79 Å². The zero-order valence-electron chi connectivity index (χ0n) is 17.5. The molecule has 1 aliphatic carbocycles. The number of aliphatic carboxylic acids is 1. The molecule has 0 radical (unpaired) electrons. The van der Waals surface area contributed by atoms with Gasteiger partial charge >= 0.3 is 5.97 Å². The van der Waals surface area contributed by atoms with Gasteiger partial charge in [0, 0.05) is 23.7 Å². The van der Waals surface area contributed by atoms with Gasteiger partial charge in [-0.2, -0.15) is 9.61 Å². The van der Waals surface area contributed by atoms with Gasteiger partial charge in [-0.05, 0) is 58.8 Å². The first kappa shape index (κ1) is 20.8. The number of hydrogen-bond acceptors (Lipinski definition) is 5. The first-order valence-corrected chi connectivity index (χ1v) is 11.6. The standard InChI is InChI=1S/C24H24BrN5O2/c25-20-21(15-6-8-16(9-7-15)24(31)32)29-23-18(13-28-30(23)22(20)26)17-10-11-19(27-12-17)14-4-2-1-3-5-14/h1-5,10-11,13,15-16,27H,6-9,12,26H2,(H,31,32)/t15-,16-. The van der Waals surface area contributed by atoms with E-state index in [1.807, 2.05) is 24.4 Å². The molecule has 164 valence electrons. The molecule has 2 aromatic heterocycles. The van der Waals surface area contributed by atoms with Crippen molar-refractivity contribution in [1.29, 1.82) is 0 Å². The number of anilines is 1. The van der Waals surface area contributed by atoms with Gasteiger partial charge in [0.05, 0.1) is 22.3 Å². The van der Waals surface area contributed by atoms with E-state index in [1.165, 1.54) is 0 Å². The Kier molecular flexibility index (Phi) is 5.46. The van der Waals surface area contributed by atoms with Crippen LogP contribution >= 0.6 is 15.9 Å². The third-order valence-corrected chi connectivity index (χ3v) is 7.27. The highest BCUT2D eigenvalue weighted by molar-refractivity contribution is 9.10. The summed E-state index contributed by atoms with van der Waals surface area (Å²) >= 11 is 3.62. The lowest BCUT2D eigenvalue weighted by atomic mass is 9.80. The number of carboxylic acids is 1. The average Bonchev–Trinajstić information content (AvgIpc) is 3.26. The van der Waals surface area contributed by atoms with Crippen LogP contribution in [0.5, 0.6) is 0 Å². The molecule has 1 fully saturated rings. The van der Waals surface area contributed by atoms with Crippen molar-refractivity contribution in [3.63, 3.8) is 0 Å². The van der Waals surface area contributed by atoms with E-state index in [-0.39, 0.29) is 11.8 Å². The maximum Gasteiger partial charge on any atom is 0.306 e. The zero-order valence-corrected chi connectivity index (χ0v) is 19.0. The highest BCUT2D eigenvalue weighted by atomic mass is 79.9.